The monoisotopic (exact) mass is 345 g/mol. The maximum Gasteiger partial charge on any atom is 0.306 e. The fourth-order valence-electron chi connectivity index (χ4n) is 1.19. The van der Waals surface area contributed by atoms with Crippen molar-refractivity contribution in [3.63, 3.8) is 0 Å². The van der Waals surface area contributed by atoms with E-state index in [-0.39, 0.29) is 24.9 Å². The molecule has 1 amide bonds. The van der Waals surface area contributed by atoms with Crippen molar-refractivity contribution in [2.75, 3.05) is 18.9 Å². The van der Waals surface area contributed by atoms with Gasteiger partial charge in [0.25, 0.3) is 5.91 Å². The number of thioether (sulfide) groups is 1. The Bertz CT molecular complexity index is 422. The first kappa shape index (κ1) is 16.0. The molecule has 6 heteroatoms. The lowest BCUT2D eigenvalue weighted by Crippen LogP contribution is -2.30. The first-order chi connectivity index (χ1) is 9.11. The lowest BCUT2D eigenvalue weighted by Gasteiger charge is -2.06. The maximum atomic E-state index is 11.3. The van der Waals surface area contributed by atoms with Crippen molar-refractivity contribution in [1.29, 1.82) is 0 Å². The van der Waals surface area contributed by atoms with Crippen LogP contribution < -0.4 is 5.32 Å². The van der Waals surface area contributed by atoms with Gasteiger partial charge in [0.15, 0.2) is 6.61 Å². The summed E-state index contributed by atoms with van der Waals surface area (Å²) in [5, 5.41) is 2.70. The van der Waals surface area contributed by atoms with E-state index in [2.05, 4.69) is 21.2 Å². The smallest absolute Gasteiger partial charge is 0.306 e. The lowest BCUT2D eigenvalue weighted by atomic mass is 10.4. The van der Waals surface area contributed by atoms with E-state index in [1.54, 1.807) is 18.7 Å². The van der Waals surface area contributed by atoms with Crippen molar-refractivity contribution in [2.45, 2.75) is 18.2 Å². The highest BCUT2D eigenvalue weighted by Gasteiger charge is 2.04. The van der Waals surface area contributed by atoms with E-state index in [1.807, 2.05) is 24.3 Å². The predicted octanol–water partition coefficient (Wildman–Crippen LogP) is 2.61. The Labute approximate surface area is 125 Å². The van der Waals surface area contributed by atoms with Gasteiger partial charge in [-0.15, -0.1) is 11.8 Å². The van der Waals surface area contributed by atoms with Crippen molar-refractivity contribution in [1.82, 2.24) is 5.32 Å². The summed E-state index contributed by atoms with van der Waals surface area (Å²) in [5.41, 5.74) is 0. The third-order valence-corrected chi connectivity index (χ3v) is 3.70. The van der Waals surface area contributed by atoms with Gasteiger partial charge in [0.1, 0.15) is 0 Å². The molecule has 104 valence electrons. The van der Waals surface area contributed by atoms with Crippen molar-refractivity contribution in [2.24, 2.45) is 0 Å². The number of amides is 1. The molecular weight excluding hydrogens is 330 g/mol. The van der Waals surface area contributed by atoms with Crippen molar-refractivity contribution < 1.29 is 14.3 Å². The van der Waals surface area contributed by atoms with Crippen LogP contribution in [0.5, 0.6) is 0 Å². The SMILES string of the molecule is CCC(=O)OCC(=O)NCCSc1ccc(Br)cc1. The minimum absolute atomic E-state index is 0.199. The average molecular weight is 346 g/mol. The second-order valence-electron chi connectivity index (χ2n) is 3.67. The normalized spacial score (nSPS) is 10.0. The molecule has 0 saturated heterocycles. The highest BCUT2D eigenvalue weighted by atomic mass is 79.9. The molecule has 0 aliphatic carbocycles. The van der Waals surface area contributed by atoms with E-state index in [1.165, 1.54) is 0 Å². The Morgan fingerprint density at radius 1 is 1.32 bits per heavy atom. The van der Waals surface area contributed by atoms with Gasteiger partial charge in [-0.05, 0) is 24.3 Å². The minimum Gasteiger partial charge on any atom is -0.456 e. The first-order valence-corrected chi connectivity index (χ1v) is 7.70. The molecule has 0 spiro atoms. The Balaban J connectivity index is 2.11. The van der Waals surface area contributed by atoms with Gasteiger partial charge in [0.2, 0.25) is 0 Å². The molecule has 0 atom stereocenters. The largest absolute Gasteiger partial charge is 0.456 e. The number of carbonyl (C=O) groups excluding carboxylic acids is 2. The van der Waals surface area contributed by atoms with Gasteiger partial charge in [0, 0.05) is 28.1 Å². The van der Waals surface area contributed by atoms with E-state index in [0.29, 0.717) is 6.54 Å². The average Bonchev–Trinajstić information content (AvgIpc) is 2.42. The number of hydrogen-bond acceptors (Lipinski definition) is 4. The fraction of sp³-hybridized carbons (Fsp3) is 0.385. The number of rotatable bonds is 7. The summed E-state index contributed by atoms with van der Waals surface area (Å²) >= 11 is 5.03. The Morgan fingerprint density at radius 2 is 2.00 bits per heavy atom. The summed E-state index contributed by atoms with van der Waals surface area (Å²) < 4.78 is 5.76. The molecular formula is C13H16BrNO3S. The molecule has 0 saturated carbocycles. The van der Waals surface area contributed by atoms with Crippen LogP contribution in [0.25, 0.3) is 0 Å². The number of ether oxygens (including phenoxy) is 1. The molecule has 0 aliphatic heterocycles. The Morgan fingerprint density at radius 3 is 2.63 bits per heavy atom. The number of esters is 1. The molecule has 1 N–H and O–H groups in total. The second kappa shape index (κ2) is 8.98. The van der Waals surface area contributed by atoms with Crippen LogP contribution in [0.1, 0.15) is 13.3 Å². The van der Waals surface area contributed by atoms with Crippen molar-refractivity contribution >= 4 is 39.6 Å². The zero-order chi connectivity index (χ0) is 14.1. The fourth-order valence-corrected chi connectivity index (χ4v) is 2.22. The maximum absolute atomic E-state index is 11.3. The standard InChI is InChI=1S/C13H16BrNO3S/c1-2-13(17)18-9-12(16)15-7-8-19-11-5-3-10(14)4-6-11/h3-6H,2,7-9H2,1H3,(H,15,16). The summed E-state index contributed by atoms with van der Waals surface area (Å²) in [6.45, 7) is 2.04. The molecule has 0 fully saturated rings. The van der Waals surface area contributed by atoms with Crippen LogP contribution in [0.15, 0.2) is 33.6 Å². The van der Waals surface area contributed by atoms with Crippen LogP contribution in [-0.4, -0.2) is 30.8 Å². The zero-order valence-corrected chi connectivity index (χ0v) is 13.1. The molecule has 1 aromatic rings. The summed E-state index contributed by atoms with van der Waals surface area (Å²) in [4.78, 5) is 23.3. The summed E-state index contributed by atoms with van der Waals surface area (Å²) in [6, 6.07) is 7.98. The van der Waals surface area contributed by atoms with Gasteiger partial charge in [-0.25, -0.2) is 0 Å². The highest BCUT2D eigenvalue weighted by molar-refractivity contribution is 9.10. The third kappa shape index (κ3) is 7.22. The summed E-state index contributed by atoms with van der Waals surface area (Å²) in [6.07, 6.45) is 0.284. The van der Waals surface area contributed by atoms with Crippen molar-refractivity contribution in [3.05, 3.63) is 28.7 Å². The molecule has 0 bridgehead atoms. The van der Waals surface area contributed by atoms with Gasteiger partial charge >= 0.3 is 5.97 Å². The molecule has 0 heterocycles. The molecule has 1 rings (SSSR count). The second-order valence-corrected chi connectivity index (χ2v) is 5.75. The van der Waals surface area contributed by atoms with Gasteiger partial charge in [-0.3, -0.25) is 9.59 Å². The summed E-state index contributed by atoms with van der Waals surface area (Å²) in [5.74, 6) is 0.146. The molecule has 4 nitrogen and oxygen atoms in total. The Kier molecular flexibility index (Phi) is 7.59. The number of carbonyl (C=O) groups is 2. The van der Waals surface area contributed by atoms with E-state index in [0.717, 1.165) is 15.1 Å². The lowest BCUT2D eigenvalue weighted by molar-refractivity contribution is -0.148. The van der Waals surface area contributed by atoms with Crippen LogP contribution in [0.3, 0.4) is 0 Å². The van der Waals surface area contributed by atoms with Crippen LogP contribution >= 0.6 is 27.7 Å². The molecule has 0 aliphatic rings. The molecule has 0 radical (unpaired) electrons. The molecule has 0 aromatic heterocycles. The quantitative estimate of drug-likeness (QED) is 0.468. The van der Waals surface area contributed by atoms with Gasteiger partial charge in [-0.2, -0.15) is 0 Å². The van der Waals surface area contributed by atoms with Gasteiger partial charge < -0.3 is 10.1 Å². The van der Waals surface area contributed by atoms with E-state index in [4.69, 9.17) is 4.74 Å². The molecule has 19 heavy (non-hydrogen) atoms. The minimum atomic E-state index is -0.362. The molecule has 1 aromatic carbocycles. The van der Waals surface area contributed by atoms with Crippen LogP contribution in [0.2, 0.25) is 0 Å². The number of benzene rings is 1. The summed E-state index contributed by atoms with van der Waals surface area (Å²) in [7, 11) is 0. The van der Waals surface area contributed by atoms with E-state index in [9.17, 15) is 9.59 Å². The first-order valence-electron chi connectivity index (χ1n) is 5.92. The number of hydrogen-bond donors (Lipinski definition) is 1. The van der Waals surface area contributed by atoms with E-state index < -0.39 is 0 Å². The third-order valence-electron chi connectivity index (χ3n) is 2.16. The number of nitrogens with one attached hydrogen (secondary N) is 1. The highest BCUT2D eigenvalue weighted by Crippen LogP contribution is 2.19. The van der Waals surface area contributed by atoms with Crippen LogP contribution in [0, 0.1) is 0 Å². The van der Waals surface area contributed by atoms with Crippen molar-refractivity contribution in [3.8, 4) is 0 Å². The van der Waals surface area contributed by atoms with Gasteiger partial charge in [-0.1, -0.05) is 22.9 Å². The topological polar surface area (TPSA) is 55.4 Å². The van der Waals surface area contributed by atoms with Crippen LogP contribution in [-0.2, 0) is 14.3 Å². The Hall–Kier alpha value is -1.01. The van der Waals surface area contributed by atoms with Crippen LogP contribution in [0.4, 0.5) is 0 Å². The van der Waals surface area contributed by atoms with Gasteiger partial charge in [0.05, 0.1) is 0 Å². The predicted molar refractivity (Wildman–Crippen MR) is 79.1 cm³/mol. The van der Waals surface area contributed by atoms with E-state index >= 15 is 0 Å². The number of halogens is 1. The zero-order valence-electron chi connectivity index (χ0n) is 10.6. The molecule has 0 unspecified atom stereocenters.